The van der Waals surface area contributed by atoms with Crippen molar-refractivity contribution in [3.63, 3.8) is 0 Å². The molecule has 0 saturated heterocycles. The molecule has 0 amide bonds. The summed E-state index contributed by atoms with van der Waals surface area (Å²) in [4.78, 5) is 0. The van der Waals surface area contributed by atoms with Crippen LogP contribution in [0, 0.1) is 0 Å². The van der Waals surface area contributed by atoms with E-state index in [0.29, 0.717) is 6.54 Å². The van der Waals surface area contributed by atoms with E-state index in [2.05, 4.69) is 4.51 Å². The van der Waals surface area contributed by atoms with Crippen molar-refractivity contribution >= 4 is 25.2 Å². The van der Waals surface area contributed by atoms with Crippen LogP contribution in [-0.4, -0.2) is 20.3 Å². The van der Waals surface area contributed by atoms with Crippen LogP contribution in [0.4, 0.5) is 0 Å². The van der Waals surface area contributed by atoms with Crippen LogP contribution in [0.25, 0.3) is 0 Å². The zero-order valence-electron chi connectivity index (χ0n) is 4.10. The van der Waals surface area contributed by atoms with E-state index in [9.17, 15) is 0 Å². The molecule has 0 aliphatic rings. The first-order valence-electron chi connectivity index (χ1n) is 2.06. The summed E-state index contributed by atoms with van der Waals surface area (Å²) in [5.41, 5.74) is 5.13. The second-order valence-electron chi connectivity index (χ2n) is 1.17. The van der Waals surface area contributed by atoms with Gasteiger partial charge in [0.1, 0.15) is 4.11 Å². The van der Waals surface area contributed by atoms with Crippen LogP contribution in [0.2, 0.25) is 0 Å². The minimum absolute atomic E-state index is 0.177. The van der Waals surface area contributed by atoms with Crippen molar-refractivity contribution in [3.8, 4) is 0 Å². The molecule has 1 atom stereocenters. The molecule has 0 saturated carbocycles. The van der Waals surface area contributed by atoms with Gasteiger partial charge in [0.25, 0.3) is 0 Å². The van der Waals surface area contributed by atoms with Crippen LogP contribution >= 0.6 is 20.7 Å². The minimum Gasteiger partial charge on any atom is -0.383 e. The van der Waals surface area contributed by atoms with E-state index in [1.165, 1.54) is 0 Å². The molecule has 2 nitrogen and oxygen atoms in total. The van der Waals surface area contributed by atoms with Crippen LogP contribution < -0.4 is 5.73 Å². The first-order chi connectivity index (χ1) is 3.31. The SMILES string of the molecule is C=IC(O)CCN. The number of alkyl halides is 1. The van der Waals surface area contributed by atoms with Crippen molar-refractivity contribution < 1.29 is 5.11 Å². The Bertz CT molecular complexity index is 57.7. The lowest BCUT2D eigenvalue weighted by molar-refractivity contribution is 0.271. The molecule has 0 fully saturated rings. The van der Waals surface area contributed by atoms with E-state index in [-0.39, 0.29) is 24.8 Å². The molecule has 7 heavy (non-hydrogen) atoms. The lowest BCUT2D eigenvalue weighted by atomic mass is 10.5. The standard InChI is InChI=1S/C4H10INO/c1-5-4(7)2-3-6/h4,7H,1-3,6H2. The number of rotatable bonds is 3. The summed E-state index contributed by atoms with van der Waals surface area (Å²) >= 11 is -0.236. The fraction of sp³-hybridized carbons (Fsp3) is 0.750. The zero-order chi connectivity index (χ0) is 5.70. The lowest BCUT2D eigenvalue weighted by Crippen LogP contribution is -2.06. The largest absolute Gasteiger partial charge is 0.383 e. The van der Waals surface area contributed by atoms with Crippen LogP contribution in [0.15, 0.2) is 0 Å². The van der Waals surface area contributed by atoms with E-state index in [0.717, 1.165) is 6.42 Å². The fourth-order valence-electron chi connectivity index (χ4n) is 0.215. The number of aliphatic hydroxyl groups excluding tert-OH is 1. The van der Waals surface area contributed by atoms with Crippen molar-refractivity contribution in [2.24, 2.45) is 5.73 Å². The number of nitrogens with two attached hydrogens (primary N) is 1. The van der Waals surface area contributed by atoms with Crippen molar-refractivity contribution in [3.05, 3.63) is 0 Å². The van der Waals surface area contributed by atoms with Crippen LogP contribution in [0.3, 0.4) is 0 Å². The summed E-state index contributed by atoms with van der Waals surface area (Å²) in [6.45, 7) is 0.580. The summed E-state index contributed by atoms with van der Waals surface area (Å²) < 4.78 is 3.43. The summed E-state index contributed by atoms with van der Waals surface area (Å²) in [5, 5.41) is 8.76. The number of halogens is 1. The number of hydrogen-bond acceptors (Lipinski definition) is 2. The van der Waals surface area contributed by atoms with Gasteiger partial charge in [-0.2, -0.15) is 0 Å². The van der Waals surface area contributed by atoms with Gasteiger partial charge in [0.15, 0.2) is 0 Å². The first kappa shape index (κ1) is 7.52. The van der Waals surface area contributed by atoms with Gasteiger partial charge in [0.05, 0.1) is 0 Å². The molecular weight excluding hydrogens is 205 g/mol. The fourth-order valence-corrected chi connectivity index (χ4v) is 1.01. The van der Waals surface area contributed by atoms with Gasteiger partial charge in [0, 0.05) is 0 Å². The highest BCUT2D eigenvalue weighted by molar-refractivity contribution is 14.2. The average molecular weight is 215 g/mol. The third kappa shape index (κ3) is 4.37. The molecule has 0 aromatic carbocycles. The molecule has 44 valence electrons. The molecule has 0 aliphatic heterocycles. The van der Waals surface area contributed by atoms with Gasteiger partial charge in [0.2, 0.25) is 0 Å². The third-order valence-corrected chi connectivity index (χ3v) is 2.22. The maximum Gasteiger partial charge on any atom is 0.101 e. The maximum atomic E-state index is 8.76. The molecule has 0 heterocycles. The Hall–Kier alpha value is 0.520. The summed E-state index contributed by atoms with van der Waals surface area (Å²) in [7, 11) is 0. The maximum absolute atomic E-state index is 8.76. The Morgan fingerprint density at radius 3 is 2.57 bits per heavy atom. The van der Waals surface area contributed by atoms with E-state index in [1.807, 2.05) is 0 Å². The third-order valence-electron chi connectivity index (χ3n) is 0.583. The van der Waals surface area contributed by atoms with Gasteiger partial charge < -0.3 is 10.8 Å². The average Bonchev–Trinajstić information content (AvgIpc) is 1.68. The van der Waals surface area contributed by atoms with Gasteiger partial charge >= 0.3 is 0 Å². The predicted octanol–water partition coefficient (Wildman–Crippen LogP) is 0.0563. The quantitative estimate of drug-likeness (QED) is 0.516. The highest BCUT2D eigenvalue weighted by Crippen LogP contribution is 2.04. The Kier molecular flexibility index (Phi) is 5.02. The predicted molar refractivity (Wildman–Crippen MR) is 40.8 cm³/mol. The zero-order valence-corrected chi connectivity index (χ0v) is 6.26. The molecule has 0 radical (unpaired) electrons. The molecule has 0 spiro atoms. The molecule has 0 aromatic rings. The molecule has 0 bridgehead atoms. The van der Waals surface area contributed by atoms with Gasteiger partial charge in [-0.05, 0) is 13.0 Å². The summed E-state index contributed by atoms with van der Waals surface area (Å²) in [6.07, 6.45) is 0.719. The first-order valence-corrected chi connectivity index (χ1v) is 4.83. The molecule has 0 aliphatic carbocycles. The molecule has 1 unspecified atom stereocenters. The molecule has 0 rings (SSSR count). The van der Waals surface area contributed by atoms with Gasteiger partial charge in [-0.15, -0.1) is 0 Å². The van der Waals surface area contributed by atoms with Crippen molar-refractivity contribution in [1.29, 1.82) is 0 Å². The Balaban J connectivity index is 2.98. The van der Waals surface area contributed by atoms with Crippen LogP contribution in [-0.2, 0) is 0 Å². The summed E-state index contributed by atoms with van der Waals surface area (Å²) in [5.74, 6) is 0. The molecule has 3 N–H and O–H groups in total. The normalized spacial score (nSPS) is 14.0. The van der Waals surface area contributed by atoms with Gasteiger partial charge in [-0.25, -0.2) is 0 Å². The Labute approximate surface area is 53.5 Å². The van der Waals surface area contributed by atoms with E-state index < -0.39 is 0 Å². The highest BCUT2D eigenvalue weighted by atomic mass is 127. The van der Waals surface area contributed by atoms with E-state index >= 15 is 0 Å². The molecule has 3 heteroatoms. The van der Waals surface area contributed by atoms with E-state index in [4.69, 9.17) is 10.8 Å². The smallest absolute Gasteiger partial charge is 0.101 e. The monoisotopic (exact) mass is 215 g/mol. The summed E-state index contributed by atoms with van der Waals surface area (Å²) in [6, 6.07) is 0. The topological polar surface area (TPSA) is 46.2 Å². The number of aliphatic hydroxyl groups is 1. The van der Waals surface area contributed by atoms with Crippen LogP contribution in [0.1, 0.15) is 6.42 Å². The minimum atomic E-state index is -0.236. The lowest BCUT2D eigenvalue weighted by Gasteiger charge is -1.97. The Morgan fingerprint density at radius 1 is 1.86 bits per heavy atom. The van der Waals surface area contributed by atoms with Crippen molar-refractivity contribution in [1.82, 2.24) is 0 Å². The van der Waals surface area contributed by atoms with Gasteiger partial charge in [-0.1, -0.05) is 25.2 Å². The molecular formula is C4H10INO. The molecule has 0 aromatic heterocycles. The van der Waals surface area contributed by atoms with Crippen molar-refractivity contribution in [2.45, 2.75) is 10.5 Å². The van der Waals surface area contributed by atoms with Crippen molar-refractivity contribution in [2.75, 3.05) is 6.54 Å². The highest BCUT2D eigenvalue weighted by Gasteiger charge is 1.92. The second kappa shape index (κ2) is 4.67. The van der Waals surface area contributed by atoms with Gasteiger partial charge in [-0.3, -0.25) is 0 Å². The van der Waals surface area contributed by atoms with Crippen LogP contribution in [0.5, 0.6) is 0 Å². The van der Waals surface area contributed by atoms with E-state index in [1.54, 1.807) is 0 Å². The number of hydrogen-bond donors (Lipinski definition) is 2. The second-order valence-corrected chi connectivity index (χ2v) is 3.48. The Morgan fingerprint density at radius 2 is 2.43 bits per heavy atom.